The molecule has 2 amide bonds. The van der Waals surface area contributed by atoms with E-state index in [4.69, 9.17) is 4.74 Å². The molecule has 0 aromatic rings. The molecule has 2 unspecified atom stereocenters. The first kappa shape index (κ1) is 17.4. The van der Waals surface area contributed by atoms with E-state index < -0.39 is 11.6 Å². The molecule has 25 heavy (non-hydrogen) atoms. The number of nitrogens with zero attached hydrogens (tertiary/aromatic N) is 3. The van der Waals surface area contributed by atoms with Crippen LogP contribution in [0.25, 0.3) is 0 Å². The van der Waals surface area contributed by atoms with E-state index in [0.717, 1.165) is 38.9 Å². The van der Waals surface area contributed by atoms with Gasteiger partial charge in [-0.2, -0.15) is 0 Å². The van der Waals surface area contributed by atoms with E-state index in [1.54, 1.807) is 0 Å². The Labute approximate surface area is 148 Å². The van der Waals surface area contributed by atoms with Gasteiger partial charge in [-0.25, -0.2) is 0 Å². The number of likely N-dealkylation sites (tertiary alicyclic amines) is 1. The lowest BCUT2D eigenvalue weighted by Crippen LogP contribution is -2.82. The fraction of sp³-hybridized carbons (Fsp3) is 0.889. The highest BCUT2D eigenvalue weighted by atomic mass is 16.5. The highest BCUT2D eigenvalue weighted by molar-refractivity contribution is 6.06. The van der Waals surface area contributed by atoms with E-state index in [-0.39, 0.29) is 17.9 Å². The van der Waals surface area contributed by atoms with E-state index in [1.165, 1.54) is 4.90 Å². The monoisotopic (exact) mass is 351 g/mol. The van der Waals surface area contributed by atoms with Crippen molar-refractivity contribution >= 4 is 11.8 Å². The fourth-order valence-electron chi connectivity index (χ4n) is 4.95. The van der Waals surface area contributed by atoms with Gasteiger partial charge in [0, 0.05) is 45.4 Å². The molecular weight excluding hydrogens is 322 g/mol. The molecule has 0 bridgehead atoms. The van der Waals surface area contributed by atoms with Crippen molar-refractivity contribution in [3.05, 3.63) is 0 Å². The second-order valence-corrected chi connectivity index (χ2v) is 7.99. The molecule has 140 valence electrons. The Morgan fingerprint density at radius 3 is 2.64 bits per heavy atom. The maximum absolute atomic E-state index is 13.3. The Bertz CT molecular complexity index is 542. The van der Waals surface area contributed by atoms with E-state index >= 15 is 0 Å². The first-order valence-corrected chi connectivity index (χ1v) is 9.69. The van der Waals surface area contributed by atoms with Crippen LogP contribution in [0.4, 0.5) is 0 Å². The minimum Gasteiger partial charge on any atom is -0.392 e. The van der Waals surface area contributed by atoms with Crippen molar-refractivity contribution in [2.45, 2.75) is 62.8 Å². The number of aliphatic hydroxyl groups excluding tert-OH is 1. The van der Waals surface area contributed by atoms with Crippen LogP contribution in [0.15, 0.2) is 0 Å². The number of β-amino-alcohol motifs (C(OH)–C–C–N with tert-alkyl or cyclic N) is 1. The van der Waals surface area contributed by atoms with Crippen molar-refractivity contribution in [2.24, 2.45) is 0 Å². The van der Waals surface area contributed by atoms with Gasteiger partial charge in [0.15, 0.2) is 0 Å². The molecule has 0 aromatic heterocycles. The van der Waals surface area contributed by atoms with Gasteiger partial charge in [-0.1, -0.05) is 13.3 Å². The molecule has 0 radical (unpaired) electrons. The lowest BCUT2D eigenvalue weighted by molar-refractivity contribution is -0.184. The summed E-state index contributed by atoms with van der Waals surface area (Å²) in [5.74, 6) is -0.148. The standard InChI is InChI=1S/C18H29N3O4/c1-2-3-6-20-16(23)15-9-14(22)10-21(15)18(17(20)24)11-19(12-18)13-4-7-25-8-5-13/h13-15,22H,2-12H2,1H3. The van der Waals surface area contributed by atoms with Gasteiger partial charge in [-0.3, -0.25) is 24.3 Å². The summed E-state index contributed by atoms with van der Waals surface area (Å²) in [4.78, 5) is 31.9. The highest BCUT2D eigenvalue weighted by Gasteiger charge is 2.64. The Hall–Kier alpha value is -1.02. The van der Waals surface area contributed by atoms with Crippen LogP contribution < -0.4 is 0 Å². The Balaban J connectivity index is 1.54. The zero-order valence-corrected chi connectivity index (χ0v) is 15.0. The first-order chi connectivity index (χ1) is 12.1. The number of carbonyl (C=O) groups excluding carboxylic acids is 2. The van der Waals surface area contributed by atoms with Crippen molar-refractivity contribution in [2.75, 3.05) is 39.4 Å². The lowest BCUT2D eigenvalue weighted by Gasteiger charge is -2.60. The number of piperazine rings is 1. The van der Waals surface area contributed by atoms with Gasteiger partial charge in [-0.05, 0) is 25.7 Å². The van der Waals surface area contributed by atoms with Crippen LogP contribution >= 0.6 is 0 Å². The molecule has 4 rings (SSSR count). The molecule has 1 spiro atoms. The summed E-state index contributed by atoms with van der Waals surface area (Å²) in [6.07, 6.45) is 3.75. The van der Waals surface area contributed by atoms with Gasteiger partial charge in [0.1, 0.15) is 5.54 Å². The summed E-state index contributed by atoms with van der Waals surface area (Å²) in [5, 5.41) is 10.1. The second kappa shape index (κ2) is 6.61. The molecule has 0 aliphatic carbocycles. The number of fused-ring (bicyclic) bond motifs is 2. The molecule has 7 heteroatoms. The summed E-state index contributed by atoms with van der Waals surface area (Å²) in [6, 6.07) is 0.140. The SMILES string of the molecule is CCCCN1C(=O)C2CC(O)CN2C2(CN(C3CCOCC3)C2)C1=O. The average Bonchev–Trinajstić information content (AvgIpc) is 2.97. The fourth-order valence-corrected chi connectivity index (χ4v) is 4.95. The average molecular weight is 351 g/mol. The van der Waals surface area contributed by atoms with Crippen LogP contribution in [0.5, 0.6) is 0 Å². The predicted molar refractivity (Wildman–Crippen MR) is 90.9 cm³/mol. The molecule has 1 N–H and O–H groups in total. The number of carbonyl (C=O) groups is 2. The summed E-state index contributed by atoms with van der Waals surface area (Å²) in [7, 11) is 0. The number of unbranched alkanes of at least 4 members (excludes halogenated alkanes) is 1. The predicted octanol–water partition coefficient (Wildman–Crippen LogP) is -0.176. The lowest BCUT2D eigenvalue weighted by atomic mass is 9.80. The molecule has 4 aliphatic rings. The minimum absolute atomic E-state index is 0.0420. The van der Waals surface area contributed by atoms with Crippen LogP contribution in [0.1, 0.15) is 39.0 Å². The number of ether oxygens (including phenoxy) is 1. The Kier molecular flexibility index (Phi) is 4.60. The van der Waals surface area contributed by atoms with Gasteiger partial charge in [-0.15, -0.1) is 0 Å². The molecule has 0 saturated carbocycles. The van der Waals surface area contributed by atoms with Crippen LogP contribution in [0.2, 0.25) is 0 Å². The summed E-state index contributed by atoms with van der Waals surface area (Å²) in [5.41, 5.74) is -0.609. The first-order valence-electron chi connectivity index (χ1n) is 9.69. The van der Waals surface area contributed by atoms with Crippen molar-refractivity contribution < 1.29 is 19.4 Å². The number of hydrogen-bond acceptors (Lipinski definition) is 6. The van der Waals surface area contributed by atoms with E-state index in [1.807, 2.05) is 4.90 Å². The Morgan fingerprint density at radius 2 is 1.96 bits per heavy atom. The van der Waals surface area contributed by atoms with E-state index in [2.05, 4.69) is 11.8 Å². The second-order valence-electron chi connectivity index (χ2n) is 7.99. The number of aliphatic hydroxyl groups is 1. The van der Waals surface area contributed by atoms with Crippen LogP contribution in [0, 0.1) is 0 Å². The van der Waals surface area contributed by atoms with E-state index in [0.29, 0.717) is 38.6 Å². The number of imide groups is 1. The van der Waals surface area contributed by atoms with Gasteiger partial charge >= 0.3 is 0 Å². The molecule has 4 heterocycles. The van der Waals surface area contributed by atoms with Crippen LogP contribution in [-0.2, 0) is 14.3 Å². The third-order valence-electron chi connectivity index (χ3n) is 6.39. The van der Waals surface area contributed by atoms with Gasteiger partial charge in [0.05, 0.1) is 12.1 Å². The van der Waals surface area contributed by atoms with Gasteiger partial charge in [0.25, 0.3) is 5.91 Å². The number of hydrogen-bond donors (Lipinski definition) is 1. The van der Waals surface area contributed by atoms with Gasteiger partial charge < -0.3 is 9.84 Å². The number of rotatable bonds is 4. The topological polar surface area (TPSA) is 73.3 Å². The Morgan fingerprint density at radius 1 is 1.24 bits per heavy atom. The maximum atomic E-state index is 13.3. The zero-order valence-electron chi connectivity index (χ0n) is 15.0. The maximum Gasteiger partial charge on any atom is 0.252 e. The van der Waals surface area contributed by atoms with Crippen LogP contribution in [-0.4, -0.2) is 94.7 Å². The summed E-state index contributed by atoms with van der Waals surface area (Å²) in [6.45, 7) is 5.93. The molecule has 2 atom stereocenters. The summed E-state index contributed by atoms with van der Waals surface area (Å²) >= 11 is 0. The molecule has 0 aromatic carbocycles. The minimum atomic E-state index is -0.609. The zero-order chi connectivity index (χ0) is 17.6. The number of amides is 2. The molecule has 4 aliphatic heterocycles. The van der Waals surface area contributed by atoms with Crippen molar-refractivity contribution in [1.29, 1.82) is 0 Å². The normalized spacial score (nSPS) is 33.8. The van der Waals surface area contributed by atoms with E-state index in [9.17, 15) is 14.7 Å². The molecule has 4 saturated heterocycles. The molecule has 7 nitrogen and oxygen atoms in total. The van der Waals surface area contributed by atoms with Crippen molar-refractivity contribution in [1.82, 2.24) is 14.7 Å². The molecular formula is C18H29N3O4. The summed E-state index contributed by atoms with van der Waals surface area (Å²) < 4.78 is 5.45. The third-order valence-corrected chi connectivity index (χ3v) is 6.39. The quantitative estimate of drug-likeness (QED) is 0.709. The smallest absolute Gasteiger partial charge is 0.252 e. The third kappa shape index (κ3) is 2.72. The van der Waals surface area contributed by atoms with Crippen LogP contribution in [0.3, 0.4) is 0 Å². The van der Waals surface area contributed by atoms with Crippen molar-refractivity contribution in [3.8, 4) is 0 Å². The molecule has 4 fully saturated rings. The largest absolute Gasteiger partial charge is 0.392 e. The highest BCUT2D eigenvalue weighted by Crippen LogP contribution is 2.42. The van der Waals surface area contributed by atoms with Gasteiger partial charge in [0.2, 0.25) is 5.91 Å². The van der Waals surface area contributed by atoms with Crippen molar-refractivity contribution in [3.63, 3.8) is 0 Å².